The Morgan fingerprint density at radius 1 is 1.41 bits per heavy atom. The number of hydrogen-bond donors (Lipinski definition) is 1. The lowest BCUT2D eigenvalue weighted by molar-refractivity contribution is 0.269. The van der Waals surface area contributed by atoms with Crippen LogP contribution in [0.1, 0.15) is 5.69 Å². The molecule has 0 unspecified atom stereocenters. The molecule has 4 nitrogen and oxygen atoms in total. The van der Waals surface area contributed by atoms with Gasteiger partial charge in [0.1, 0.15) is 11.4 Å². The van der Waals surface area contributed by atoms with E-state index >= 15 is 0 Å². The van der Waals surface area contributed by atoms with E-state index in [1.165, 1.54) is 0 Å². The molecule has 17 heavy (non-hydrogen) atoms. The van der Waals surface area contributed by atoms with Crippen LogP contribution in [0.25, 0.3) is 11.3 Å². The number of nitrogens with one attached hydrogen (secondary N) is 1. The van der Waals surface area contributed by atoms with Gasteiger partial charge in [-0.3, -0.25) is 4.79 Å². The number of aryl methyl sites for hydroxylation is 1. The number of rotatable bonds is 2. The van der Waals surface area contributed by atoms with E-state index in [1.807, 2.05) is 24.3 Å². The first kappa shape index (κ1) is 11.9. The van der Waals surface area contributed by atoms with Gasteiger partial charge in [-0.05, 0) is 31.2 Å². The van der Waals surface area contributed by atoms with Crippen LogP contribution in [0.15, 0.2) is 33.3 Å². The maximum absolute atomic E-state index is 10.9. The molecule has 1 aromatic heterocycles. The van der Waals surface area contributed by atoms with E-state index in [0.717, 1.165) is 10.0 Å². The van der Waals surface area contributed by atoms with Crippen molar-refractivity contribution in [1.82, 2.24) is 5.16 Å². The van der Waals surface area contributed by atoms with Crippen molar-refractivity contribution in [2.24, 2.45) is 0 Å². The Labute approximate surface area is 108 Å². The normalized spacial score (nSPS) is 10.2. The van der Waals surface area contributed by atoms with Crippen LogP contribution in [0, 0.1) is 6.92 Å². The molecule has 1 amide bonds. The molecular weight excluding hydrogens is 283 g/mol. The van der Waals surface area contributed by atoms with Crippen LogP contribution in [0.5, 0.6) is 0 Å². The molecule has 2 radical (unpaired) electrons. The van der Waals surface area contributed by atoms with Crippen molar-refractivity contribution < 1.29 is 9.32 Å². The molecule has 0 bridgehead atoms. The van der Waals surface area contributed by atoms with Gasteiger partial charge >= 0.3 is 0 Å². The highest BCUT2D eigenvalue weighted by Crippen LogP contribution is 2.31. The predicted octanol–water partition coefficient (Wildman–Crippen LogP) is 3.11. The Morgan fingerprint density at radius 2 is 2.06 bits per heavy atom. The smallest absolute Gasteiger partial charge is 0.201 e. The zero-order chi connectivity index (χ0) is 12.4. The molecular formula is C11H8BBrN2O2. The molecule has 0 atom stereocenters. The zero-order valence-electron chi connectivity index (χ0n) is 9.03. The van der Waals surface area contributed by atoms with Gasteiger partial charge in [-0.1, -0.05) is 21.1 Å². The van der Waals surface area contributed by atoms with Crippen LogP contribution < -0.4 is 5.32 Å². The average Bonchev–Trinajstić information content (AvgIpc) is 2.61. The van der Waals surface area contributed by atoms with Crippen molar-refractivity contribution in [3.8, 4) is 11.3 Å². The minimum absolute atomic E-state index is 0.494. The third-order valence-corrected chi connectivity index (χ3v) is 2.75. The summed E-state index contributed by atoms with van der Waals surface area (Å²) in [5, 5.41) is 6.32. The second kappa shape index (κ2) is 4.75. The Hall–Kier alpha value is -1.56. The number of carbonyl (C=O) groups is 1. The largest absolute Gasteiger partial charge is 0.354 e. The van der Waals surface area contributed by atoms with Gasteiger partial charge in [0.15, 0.2) is 11.6 Å². The third kappa shape index (κ3) is 2.58. The van der Waals surface area contributed by atoms with Crippen molar-refractivity contribution in [3.05, 3.63) is 34.4 Å². The first-order valence-corrected chi connectivity index (χ1v) is 5.66. The standard InChI is InChI=1S/C11H8BBrN2O2/c1-6-9(14-11(12)16)10(17-15-6)7-2-4-8(13)5-3-7/h2-5H,1H3,(H,14,16). The minimum atomic E-state index is -0.644. The zero-order valence-corrected chi connectivity index (χ0v) is 10.6. The van der Waals surface area contributed by atoms with E-state index in [2.05, 4.69) is 26.4 Å². The molecule has 0 aliphatic heterocycles. The number of aromatic nitrogens is 1. The highest BCUT2D eigenvalue weighted by atomic mass is 79.9. The van der Waals surface area contributed by atoms with Crippen LogP contribution in [0.2, 0.25) is 0 Å². The number of nitrogens with zero attached hydrogens (tertiary/aromatic N) is 1. The lowest BCUT2D eigenvalue weighted by atomic mass is 10.1. The first-order valence-electron chi connectivity index (χ1n) is 4.86. The number of anilines is 1. The lowest BCUT2D eigenvalue weighted by Crippen LogP contribution is -2.09. The minimum Gasteiger partial charge on any atom is -0.354 e. The summed E-state index contributed by atoms with van der Waals surface area (Å²) >= 11 is 3.35. The summed E-state index contributed by atoms with van der Waals surface area (Å²) in [6.45, 7) is 1.73. The molecule has 84 valence electrons. The summed E-state index contributed by atoms with van der Waals surface area (Å²) in [5.41, 5.74) is 1.90. The predicted molar refractivity (Wildman–Crippen MR) is 69.1 cm³/mol. The fourth-order valence-electron chi connectivity index (χ4n) is 1.44. The molecule has 6 heteroatoms. The number of amides is 1. The Bertz CT molecular complexity index is 551. The maximum Gasteiger partial charge on any atom is 0.201 e. The second-order valence-electron chi connectivity index (χ2n) is 3.47. The summed E-state index contributed by atoms with van der Waals surface area (Å²) in [6, 6.07) is 7.47. The monoisotopic (exact) mass is 290 g/mol. The van der Waals surface area contributed by atoms with E-state index in [4.69, 9.17) is 12.4 Å². The molecule has 0 saturated carbocycles. The number of carbonyl (C=O) groups excluding carboxylic acids is 1. The van der Waals surface area contributed by atoms with Gasteiger partial charge in [-0.25, -0.2) is 0 Å². The van der Waals surface area contributed by atoms with E-state index in [0.29, 0.717) is 17.1 Å². The number of benzene rings is 1. The summed E-state index contributed by atoms with van der Waals surface area (Å²) < 4.78 is 6.15. The second-order valence-corrected chi connectivity index (χ2v) is 4.38. The maximum atomic E-state index is 10.9. The van der Waals surface area contributed by atoms with Gasteiger partial charge in [0.2, 0.25) is 7.85 Å². The van der Waals surface area contributed by atoms with Gasteiger partial charge in [0.25, 0.3) is 0 Å². The molecule has 0 spiro atoms. The van der Waals surface area contributed by atoms with Crippen molar-refractivity contribution >= 4 is 35.3 Å². The summed E-state index contributed by atoms with van der Waals surface area (Å²) in [5.74, 6) is -0.150. The van der Waals surface area contributed by atoms with Crippen LogP contribution in [0.4, 0.5) is 10.5 Å². The molecule has 1 aromatic carbocycles. The summed E-state index contributed by atoms with van der Waals surface area (Å²) in [4.78, 5) is 10.9. The van der Waals surface area contributed by atoms with Gasteiger partial charge in [0, 0.05) is 10.0 Å². The van der Waals surface area contributed by atoms with E-state index < -0.39 is 5.81 Å². The number of hydrogen-bond acceptors (Lipinski definition) is 3. The highest BCUT2D eigenvalue weighted by molar-refractivity contribution is 9.10. The quantitative estimate of drug-likeness (QED) is 0.865. The molecule has 0 fully saturated rings. The van der Waals surface area contributed by atoms with Crippen molar-refractivity contribution in [2.45, 2.75) is 6.92 Å². The van der Waals surface area contributed by atoms with Crippen LogP contribution >= 0.6 is 15.9 Å². The average molecular weight is 291 g/mol. The van der Waals surface area contributed by atoms with Crippen molar-refractivity contribution in [3.63, 3.8) is 0 Å². The Morgan fingerprint density at radius 3 is 2.65 bits per heavy atom. The number of halogens is 1. The van der Waals surface area contributed by atoms with E-state index in [1.54, 1.807) is 6.92 Å². The highest BCUT2D eigenvalue weighted by Gasteiger charge is 2.15. The van der Waals surface area contributed by atoms with Crippen LogP contribution in [0.3, 0.4) is 0 Å². The van der Waals surface area contributed by atoms with Crippen molar-refractivity contribution in [2.75, 3.05) is 5.32 Å². The Kier molecular flexibility index (Phi) is 3.33. The van der Waals surface area contributed by atoms with Crippen LogP contribution in [-0.4, -0.2) is 18.8 Å². The third-order valence-electron chi connectivity index (χ3n) is 2.22. The van der Waals surface area contributed by atoms with E-state index in [9.17, 15) is 4.79 Å². The van der Waals surface area contributed by atoms with Crippen LogP contribution in [-0.2, 0) is 0 Å². The molecule has 1 N–H and O–H groups in total. The van der Waals surface area contributed by atoms with Gasteiger partial charge in [-0.15, -0.1) is 0 Å². The van der Waals surface area contributed by atoms with E-state index in [-0.39, 0.29) is 0 Å². The molecule has 2 aromatic rings. The van der Waals surface area contributed by atoms with Gasteiger partial charge in [0.05, 0.1) is 0 Å². The fourth-order valence-corrected chi connectivity index (χ4v) is 1.70. The lowest BCUT2D eigenvalue weighted by Gasteiger charge is -2.03. The molecule has 1 heterocycles. The first-order chi connectivity index (χ1) is 8.08. The summed E-state index contributed by atoms with van der Waals surface area (Å²) in [7, 11) is 5.10. The molecule has 0 saturated heterocycles. The molecule has 2 rings (SSSR count). The Balaban J connectivity index is 2.45. The molecule has 0 aliphatic carbocycles. The topological polar surface area (TPSA) is 55.1 Å². The van der Waals surface area contributed by atoms with Gasteiger partial charge < -0.3 is 9.84 Å². The van der Waals surface area contributed by atoms with Gasteiger partial charge in [-0.2, -0.15) is 0 Å². The molecule has 0 aliphatic rings. The summed E-state index contributed by atoms with van der Waals surface area (Å²) in [6.07, 6.45) is 0. The fraction of sp³-hybridized carbons (Fsp3) is 0.0909. The SMILES string of the molecule is [B]C(=O)Nc1c(C)noc1-c1ccc(Br)cc1. The van der Waals surface area contributed by atoms with Crippen molar-refractivity contribution in [1.29, 1.82) is 0 Å².